The highest BCUT2D eigenvalue weighted by Crippen LogP contribution is 2.34. The molecule has 0 aliphatic rings. The summed E-state index contributed by atoms with van der Waals surface area (Å²) in [5.41, 5.74) is 13.1. The van der Waals surface area contributed by atoms with Crippen molar-refractivity contribution in [2.75, 3.05) is 11.4 Å². The summed E-state index contributed by atoms with van der Waals surface area (Å²) in [5.74, 6) is 0. The maximum absolute atomic E-state index is 13.6. The molecule has 0 aliphatic heterocycles. The van der Waals surface area contributed by atoms with E-state index in [0.717, 1.165) is 70.0 Å². The van der Waals surface area contributed by atoms with Crippen LogP contribution in [-0.2, 0) is 19.6 Å². The number of nitrogens with one attached hydrogen (secondary N) is 1. The van der Waals surface area contributed by atoms with Crippen molar-refractivity contribution in [3.8, 4) is 11.3 Å². The first-order chi connectivity index (χ1) is 21.2. The maximum Gasteiger partial charge on any atom is 0.275 e. The second-order valence-electron chi connectivity index (χ2n) is 11.0. The van der Waals surface area contributed by atoms with Gasteiger partial charge in [-0.2, -0.15) is 0 Å². The van der Waals surface area contributed by atoms with Crippen molar-refractivity contribution in [1.29, 1.82) is 0 Å². The minimum Gasteiger partial charge on any atom is -0.363 e. The highest BCUT2D eigenvalue weighted by molar-refractivity contribution is 6.05. The van der Waals surface area contributed by atoms with E-state index in [9.17, 15) is 4.79 Å². The topological polar surface area (TPSA) is 79.9 Å². The molecule has 0 radical (unpaired) electrons. The fourth-order valence-corrected chi connectivity index (χ4v) is 5.97. The van der Waals surface area contributed by atoms with E-state index in [2.05, 4.69) is 99.5 Å². The number of benzene rings is 5. The van der Waals surface area contributed by atoms with Gasteiger partial charge in [-0.15, -0.1) is 0 Å². The standard InChI is InChI=1S/C37H33N5O/c38-20-9-21-41-25-32(36-37(43)39-33-18-16-28-14-7-8-15-30(28)35(33)40-36)31-22-29(17-19-34(31)41)42(23-26-10-3-1-4-11-26)24-27-12-5-2-6-13-27/h1-8,10-19,22,25H,9,20-21,23-24,38H2,(H,39,43). The number of rotatable bonds is 9. The van der Waals surface area contributed by atoms with E-state index in [1.807, 2.05) is 36.4 Å². The molecule has 0 saturated heterocycles. The number of aryl methyl sites for hydroxylation is 1. The average Bonchev–Trinajstić information content (AvgIpc) is 3.41. The Bertz CT molecular complexity index is 2060. The maximum atomic E-state index is 13.6. The van der Waals surface area contributed by atoms with E-state index in [-0.39, 0.29) is 5.56 Å². The minimum atomic E-state index is -0.198. The number of hydrogen-bond donors (Lipinski definition) is 2. The van der Waals surface area contributed by atoms with E-state index < -0.39 is 0 Å². The Morgan fingerprint density at radius 1 is 0.767 bits per heavy atom. The van der Waals surface area contributed by atoms with Crippen LogP contribution >= 0.6 is 0 Å². The summed E-state index contributed by atoms with van der Waals surface area (Å²) < 4.78 is 2.20. The second-order valence-corrected chi connectivity index (χ2v) is 11.0. The molecule has 5 aromatic carbocycles. The summed E-state index contributed by atoms with van der Waals surface area (Å²) in [6.07, 6.45) is 2.91. The van der Waals surface area contributed by atoms with Gasteiger partial charge in [0.15, 0.2) is 0 Å². The Balaban J connectivity index is 1.40. The van der Waals surface area contributed by atoms with Crippen LogP contribution in [-0.4, -0.2) is 21.1 Å². The number of anilines is 1. The zero-order valence-electron chi connectivity index (χ0n) is 23.9. The van der Waals surface area contributed by atoms with Crippen LogP contribution < -0.4 is 16.2 Å². The summed E-state index contributed by atoms with van der Waals surface area (Å²) in [6.45, 7) is 2.87. The Labute approximate surface area is 250 Å². The van der Waals surface area contributed by atoms with Gasteiger partial charge >= 0.3 is 0 Å². The van der Waals surface area contributed by atoms with Crippen molar-refractivity contribution >= 4 is 38.4 Å². The molecular formula is C37H33N5O. The molecule has 2 aromatic heterocycles. The highest BCUT2D eigenvalue weighted by atomic mass is 16.1. The van der Waals surface area contributed by atoms with Crippen LogP contribution in [0.25, 0.3) is 44.0 Å². The molecule has 212 valence electrons. The van der Waals surface area contributed by atoms with Crippen molar-refractivity contribution in [2.45, 2.75) is 26.1 Å². The third-order valence-electron chi connectivity index (χ3n) is 8.11. The van der Waals surface area contributed by atoms with Gasteiger partial charge in [-0.3, -0.25) is 4.79 Å². The molecule has 0 spiro atoms. The van der Waals surface area contributed by atoms with Crippen molar-refractivity contribution in [2.24, 2.45) is 5.73 Å². The van der Waals surface area contributed by atoms with E-state index in [1.54, 1.807) is 0 Å². The van der Waals surface area contributed by atoms with Crippen LogP contribution in [0.5, 0.6) is 0 Å². The third kappa shape index (κ3) is 5.29. The molecule has 2 heterocycles. The van der Waals surface area contributed by atoms with Crippen molar-refractivity contribution in [1.82, 2.24) is 14.5 Å². The molecule has 0 saturated carbocycles. The Morgan fingerprint density at radius 2 is 1.47 bits per heavy atom. The Morgan fingerprint density at radius 3 is 2.19 bits per heavy atom. The summed E-state index contributed by atoms with van der Waals surface area (Å²) in [6, 6.07) is 39.7. The van der Waals surface area contributed by atoms with Gasteiger partial charge < -0.3 is 20.2 Å². The number of fused-ring (bicyclic) bond motifs is 4. The normalized spacial score (nSPS) is 11.5. The van der Waals surface area contributed by atoms with Gasteiger partial charge in [-0.1, -0.05) is 91.0 Å². The molecule has 0 atom stereocenters. The van der Waals surface area contributed by atoms with Crippen LogP contribution in [0, 0.1) is 0 Å². The lowest BCUT2D eigenvalue weighted by Crippen LogP contribution is -2.22. The predicted molar refractivity (Wildman–Crippen MR) is 177 cm³/mol. The molecule has 0 fully saturated rings. The van der Waals surface area contributed by atoms with Crippen LogP contribution in [0.2, 0.25) is 0 Å². The van der Waals surface area contributed by atoms with E-state index in [1.165, 1.54) is 11.1 Å². The average molecular weight is 564 g/mol. The Kier molecular flexibility index (Phi) is 7.19. The summed E-state index contributed by atoms with van der Waals surface area (Å²) in [5, 5.41) is 3.10. The number of aromatic amines is 1. The zero-order valence-corrected chi connectivity index (χ0v) is 23.9. The van der Waals surface area contributed by atoms with E-state index in [4.69, 9.17) is 10.7 Å². The van der Waals surface area contributed by atoms with Gasteiger partial charge in [0, 0.05) is 53.4 Å². The van der Waals surface area contributed by atoms with Gasteiger partial charge in [0.25, 0.3) is 5.56 Å². The smallest absolute Gasteiger partial charge is 0.275 e. The summed E-state index contributed by atoms with van der Waals surface area (Å²) in [4.78, 5) is 24.1. The van der Waals surface area contributed by atoms with Crippen molar-refractivity contribution in [3.63, 3.8) is 0 Å². The number of hydrogen-bond acceptors (Lipinski definition) is 4. The number of nitrogens with zero attached hydrogens (tertiary/aromatic N) is 3. The third-order valence-corrected chi connectivity index (χ3v) is 8.11. The van der Waals surface area contributed by atoms with Gasteiger partial charge in [-0.05, 0) is 53.7 Å². The fraction of sp³-hybridized carbons (Fsp3) is 0.135. The number of H-pyrrole nitrogens is 1. The van der Waals surface area contributed by atoms with Gasteiger partial charge in [0.1, 0.15) is 5.69 Å². The Hall–Kier alpha value is -5.20. The highest BCUT2D eigenvalue weighted by Gasteiger charge is 2.18. The molecular weight excluding hydrogens is 530 g/mol. The van der Waals surface area contributed by atoms with Crippen LogP contribution in [0.15, 0.2) is 126 Å². The lowest BCUT2D eigenvalue weighted by atomic mass is 10.1. The summed E-state index contributed by atoms with van der Waals surface area (Å²) >= 11 is 0. The van der Waals surface area contributed by atoms with Crippen molar-refractivity contribution in [3.05, 3.63) is 143 Å². The number of nitrogens with two attached hydrogens (primary N) is 1. The van der Waals surface area contributed by atoms with Crippen LogP contribution in [0.1, 0.15) is 17.5 Å². The molecule has 6 nitrogen and oxygen atoms in total. The van der Waals surface area contributed by atoms with Gasteiger partial charge in [0.2, 0.25) is 0 Å². The quantitative estimate of drug-likeness (QED) is 0.181. The molecule has 0 amide bonds. The lowest BCUT2D eigenvalue weighted by molar-refractivity contribution is 0.671. The van der Waals surface area contributed by atoms with Crippen LogP contribution in [0.4, 0.5) is 5.69 Å². The number of aromatic nitrogens is 3. The SMILES string of the molecule is NCCCn1cc(-c2nc3c(ccc4ccccc43)[nH]c2=O)c2cc(N(Cc3ccccc3)Cc3ccccc3)ccc21. The molecule has 0 aliphatic carbocycles. The second kappa shape index (κ2) is 11.6. The fourth-order valence-electron chi connectivity index (χ4n) is 5.97. The molecule has 0 bridgehead atoms. The first-order valence-electron chi connectivity index (χ1n) is 14.8. The summed E-state index contributed by atoms with van der Waals surface area (Å²) in [7, 11) is 0. The molecule has 7 rings (SSSR count). The largest absolute Gasteiger partial charge is 0.363 e. The first kappa shape index (κ1) is 26.7. The van der Waals surface area contributed by atoms with Gasteiger partial charge in [0.05, 0.1) is 11.0 Å². The van der Waals surface area contributed by atoms with E-state index >= 15 is 0 Å². The molecule has 6 heteroatoms. The molecule has 0 unspecified atom stereocenters. The minimum absolute atomic E-state index is 0.198. The zero-order chi connectivity index (χ0) is 29.2. The monoisotopic (exact) mass is 563 g/mol. The van der Waals surface area contributed by atoms with Crippen molar-refractivity contribution < 1.29 is 0 Å². The first-order valence-corrected chi connectivity index (χ1v) is 14.8. The van der Waals surface area contributed by atoms with Crippen LogP contribution in [0.3, 0.4) is 0 Å². The molecule has 3 N–H and O–H groups in total. The predicted octanol–water partition coefficient (Wildman–Crippen LogP) is 7.25. The van der Waals surface area contributed by atoms with E-state index in [0.29, 0.717) is 12.2 Å². The molecule has 7 aromatic rings. The molecule has 43 heavy (non-hydrogen) atoms. The van der Waals surface area contributed by atoms with Gasteiger partial charge in [-0.25, -0.2) is 4.98 Å². The lowest BCUT2D eigenvalue weighted by Gasteiger charge is -2.26.